The maximum Gasteiger partial charge on any atom is 0.251 e. The number of ether oxygens (including phenoxy) is 1. The SMILES string of the molecule is COc1cccc(C(=O)NCC(=O)N2CC(Cc3ccccc3)C2)c1. The number of methoxy groups -OCH3 is 1. The minimum Gasteiger partial charge on any atom is -0.497 e. The van der Waals surface area contributed by atoms with Crippen molar-refractivity contribution in [3.05, 3.63) is 65.7 Å². The molecule has 2 amide bonds. The van der Waals surface area contributed by atoms with Crippen LogP contribution in [0, 0.1) is 5.92 Å². The Bertz CT molecular complexity index is 740. The van der Waals surface area contributed by atoms with Crippen LogP contribution in [-0.4, -0.2) is 43.5 Å². The smallest absolute Gasteiger partial charge is 0.251 e. The van der Waals surface area contributed by atoms with E-state index in [9.17, 15) is 9.59 Å². The van der Waals surface area contributed by atoms with Gasteiger partial charge in [-0.15, -0.1) is 0 Å². The molecule has 1 N–H and O–H groups in total. The predicted octanol–water partition coefficient (Wildman–Crippen LogP) is 2.13. The first-order chi connectivity index (χ1) is 12.2. The van der Waals surface area contributed by atoms with Crippen molar-refractivity contribution in [3.8, 4) is 5.75 Å². The molecular formula is C20H22N2O3. The second-order valence-corrected chi connectivity index (χ2v) is 6.27. The summed E-state index contributed by atoms with van der Waals surface area (Å²) < 4.78 is 5.10. The van der Waals surface area contributed by atoms with Gasteiger partial charge < -0.3 is 15.0 Å². The largest absolute Gasteiger partial charge is 0.497 e. The number of benzene rings is 2. The number of carbonyl (C=O) groups is 2. The number of hydrogen-bond acceptors (Lipinski definition) is 3. The van der Waals surface area contributed by atoms with Gasteiger partial charge in [-0.3, -0.25) is 9.59 Å². The van der Waals surface area contributed by atoms with Crippen molar-refractivity contribution in [1.29, 1.82) is 0 Å². The zero-order valence-electron chi connectivity index (χ0n) is 14.3. The van der Waals surface area contributed by atoms with Crippen molar-refractivity contribution in [2.75, 3.05) is 26.7 Å². The molecule has 0 radical (unpaired) electrons. The molecule has 0 aromatic heterocycles. The highest BCUT2D eigenvalue weighted by Crippen LogP contribution is 2.20. The molecule has 25 heavy (non-hydrogen) atoms. The van der Waals surface area contributed by atoms with Crippen LogP contribution in [0.1, 0.15) is 15.9 Å². The maximum atomic E-state index is 12.2. The van der Waals surface area contributed by atoms with Gasteiger partial charge in [0.2, 0.25) is 5.91 Å². The minimum atomic E-state index is -0.270. The van der Waals surface area contributed by atoms with E-state index in [1.54, 1.807) is 36.3 Å². The Morgan fingerprint density at radius 2 is 1.88 bits per heavy atom. The van der Waals surface area contributed by atoms with Crippen LogP contribution in [0.3, 0.4) is 0 Å². The molecule has 1 aliphatic heterocycles. The quantitative estimate of drug-likeness (QED) is 0.878. The second kappa shape index (κ2) is 7.83. The summed E-state index contributed by atoms with van der Waals surface area (Å²) in [5.74, 6) is 0.806. The fourth-order valence-corrected chi connectivity index (χ4v) is 2.98. The molecule has 0 atom stereocenters. The summed E-state index contributed by atoms with van der Waals surface area (Å²) in [5, 5.41) is 2.68. The van der Waals surface area contributed by atoms with Gasteiger partial charge >= 0.3 is 0 Å². The summed E-state index contributed by atoms with van der Waals surface area (Å²) in [6.07, 6.45) is 0.987. The van der Waals surface area contributed by atoms with E-state index in [-0.39, 0.29) is 18.4 Å². The lowest BCUT2D eigenvalue weighted by Gasteiger charge is -2.39. The van der Waals surface area contributed by atoms with E-state index in [4.69, 9.17) is 4.74 Å². The van der Waals surface area contributed by atoms with E-state index in [2.05, 4.69) is 17.4 Å². The number of hydrogen-bond donors (Lipinski definition) is 1. The number of amides is 2. The molecule has 2 aromatic rings. The van der Waals surface area contributed by atoms with Crippen molar-refractivity contribution in [1.82, 2.24) is 10.2 Å². The Balaban J connectivity index is 1.42. The fraction of sp³-hybridized carbons (Fsp3) is 0.300. The summed E-state index contributed by atoms with van der Waals surface area (Å²) in [4.78, 5) is 26.1. The molecule has 1 fully saturated rings. The highest BCUT2D eigenvalue weighted by atomic mass is 16.5. The van der Waals surface area contributed by atoms with E-state index in [0.29, 0.717) is 17.2 Å². The molecule has 1 heterocycles. The first kappa shape index (κ1) is 17.0. The molecule has 2 aromatic carbocycles. The molecule has 0 unspecified atom stereocenters. The highest BCUT2D eigenvalue weighted by Gasteiger charge is 2.30. The normalized spacial score (nSPS) is 13.9. The average Bonchev–Trinajstić information content (AvgIpc) is 2.63. The molecule has 3 rings (SSSR count). The first-order valence-electron chi connectivity index (χ1n) is 8.39. The molecule has 5 heteroatoms. The van der Waals surface area contributed by atoms with Crippen LogP contribution in [0.25, 0.3) is 0 Å². The number of carbonyl (C=O) groups excluding carboxylic acids is 2. The van der Waals surface area contributed by atoms with E-state index in [1.807, 2.05) is 18.2 Å². The number of rotatable bonds is 6. The van der Waals surface area contributed by atoms with E-state index < -0.39 is 0 Å². The molecule has 0 aliphatic carbocycles. The fourth-order valence-electron chi connectivity index (χ4n) is 2.98. The van der Waals surface area contributed by atoms with Crippen LogP contribution in [0.4, 0.5) is 0 Å². The second-order valence-electron chi connectivity index (χ2n) is 6.27. The average molecular weight is 338 g/mol. The van der Waals surface area contributed by atoms with Gasteiger partial charge in [-0.2, -0.15) is 0 Å². The van der Waals surface area contributed by atoms with Crippen molar-refractivity contribution in [3.63, 3.8) is 0 Å². The Morgan fingerprint density at radius 1 is 1.12 bits per heavy atom. The van der Waals surface area contributed by atoms with Crippen LogP contribution >= 0.6 is 0 Å². The van der Waals surface area contributed by atoms with Crippen LogP contribution in [0.2, 0.25) is 0 Å². The zero-order valence-corrected chi connectivity index (χ0v) is 14.3. The summed E-state index contributed by atoms with van der Waals surface area (Å²) in [6.45, 7) is 1.53. The number of likely N-dealkylation sites (tertiary alicyclic amines) is 1. The van der Waals surface area contributed by atoms with Gasteiger partial charge in [-0.05, 0) is 36.1 Å². The lowest BCUT2D eigenvalue weighted by molar-refractivity contribution is -0.136. The summed E-state index contributed by atoms with van der Waals surface area (Å²) >= 11 is 0. The van der Waals surface area contributed by atoms with Crippen molar-refractivity contribution < 1.29 is 14.3 Å². The molecular weight excluding hydrogens is 316 g/mol. The molecule has 0 saturated carbocycles. The van der Waals surface area contributed by atoms with Crippen molar-refractivity contribution >= 4 is 11.8 Å². The lowest BCUT2D eigenvalue weighted by Crippen LogP contribution is -2.53. The van der Waals surface area contributed by atoms with E-state index in [1.165, 1.54) is 5.56 Å². The Kier molecular flexibility index (Phi) is 5.33. The minimum absolute atomic E-state index is 0.0219. The zero-order chi connectivity index (χ0) is 17.6. The summed E-state index contributed by atoms with van der Waals surface area (Å²) in [7, 11) is 1.55. The van der Waals surface area contributed by atoms with Crippen LogP contribution in [-0.2, 0) is 11.2 Å². The monoisotopic (exact) mass is 338 g/mol. The van der Waals surface area contributed by atoms with Gasteiger partial charge in [0.25, 0.3) is 5.91 Å². The lowest BCUT2D eigenvalue weighted by atomic mass is 9.92. The van der Waals surface area contributed by atoms with Crippen molar-refractivity contribution in [2.45, 2.75) is 6.42 Å². The Hall–Kier alpha value is -2.82. The standard InChI is InChI=1S/C20H22N2O3/c1-25-18-9-5-8-17(11-18)20(24)21-12-19(23)22-13-16(14-22)10-15-6-3-2-4-7-15/h2-9,11,16H,10,12-14H2,1H3,(H,21,24). The van der Waals surface area contributed by atoms with Crippen LogP contribution in [0.15, 0.2) is 54.6 Å². The molecule has 0 bridgehead atoms. The third-order valence-corrected chi connectivity index (χ3v) is 4.41. The topological polar surface area (TPSA) is 58.6 Å². The third kappa shape index (κ3) is 4.38. The number of nitrogens with one attached hydrogen (secondary N) is 1. The third-order valence-electron chi connectivity index (χ3n) is 4.41. The number of nitrogens with zero attached hydrogens (tertiary/aromatic N) is 1. The molecule has 1 aliphatic rings. The Morgan fingerprint density at radius 3 is 2.60 bits per heavy atom. The molecule has 1 saturated heterocycles. The first-order valence-corrected chi connectivity index (χ1v) is 8.39. The summed E-state index contributed by atoms with van der Waals surface area (Å²) in [6, 6.07) is 17.2. The van der Waals surface area contributed by atoms with E-state index >= 15 is 0 Å². The molecule has 0 spiro atoms. The highest BCUT2D eigenvalue weighted by molar-refractivity contribution is 5.96. The van der Waals surface area contributed by atoms with Gasteiger partial charge in [0.1, 0.15) is 5.75 Å². The van der Waals surface area contributed by atoms with Gasteiger partial charge in [0, 0.05) is 18.7 Å². The maximum absolute atomic E-state index is 12.2. The summed E-state index contributed by atoms with van der Waals surface area (Å²) in [5.41, 5.74) is 1.78. The molecule has 5 nitrogen and oxygen atoms in total. The predicted molar refractivity (Wildman–Crippen MR) is 95.5 cm³/mol. The van der Waals surface area contributed by atoms with Crippen LogP contribution < -0.4 is 10.1 Å². The molecule has 130 valence electrons. The van der Waals surface area contributed by atoms with Gasteiger partial charge in [0.15, 0.2) is 0 Å². The Labute approximate surface area is 147 Å². The van der Waals surface area contributed by atoms with Gasteiger partial charge in [0.05, 0.1) is 13.7 Å². The van der Waals surface area contributed by atoms with E-state index in [0.717, 1.165) is 19.5 Å². The van der Waals surface area contributed by atoms with Gasteiger partial charge in [-0.25, -0.2) is 0 Å². The van der Waals surface area contributed by atoms with Crippen LogP contribution in [0.5, 0.6) is 5.75 Å². The van der Waals surface area contributed by atoms with Crippen molar-refractivity contribution in [2.24, 2.45) is 5.92 Å². The van der Waals surface area contributed by atoms with Gasteiger partial charge in [-0.1, -0.05) is 36.4 Å².